The van der Waals surface area contributed by atoms with Crippen LogP contribution < -0.4 is 0 Å². The largest absolute Gasteiger partial charge is 0.591 e. The van der Waals surface area contributed by atoms with Gasteiger partial charge in [0, 0.05) is 0 Å². The number of hydrogen-bond acceptors (Lipinski definition) is 3. The Balaban J connectivity index is 4.22. The summed E-state index contributed by atoms with van der Waals surface area (Å²) in [6, 6.07) is 0. The standard InChI is InChI=1S/C10H18F3NO2S/c1-8(2,3)17(15)14-6-7-16-9(4,5)10(11,12)13/h6H,7H2,1-5H3/t17-/m0/s1. The number of halogens is 3. The molecule has 0 rings (SSSR count). The van der Waals surface area contributed by atoms with Crippen molar-refractivity contribution in [3.05, 3.63) is 0 Å². The van der Waals surface area contributed by atoms with E-state index in [1.54, 1.807) is 20.8 Å². The molecule has 0 unspecified atom stereocenters. The van der Waals surface area contributed by atoms with E-state index in [4.69, 9.17) is 0 Å². The van der Waals surface area contributed by atoms with Crippen molar-refractivity contribution in [1.82, 2.24) is 0 Å². The monoisotopic (exact) mass is 273 g/mol. The van der Waals surface area contributed by atoms with Crippen LogP contribution in [0.25, 0.3) is 0 Å². The summed E-state index contributed by atoms with van der Waals surface area (Å²) < 4.78 is 56.3. The minimum atomic E-state index is -4.44. The van der Waals surface area contributed by atoms with Crippen LogP contribution in [0.3, 0.4) is 0 Å². The molecule has 0 amide bonds. The van der Waals surface area contributed by atoms with Crippen LogP contribution in [0, 0.1) is 0 Å². The molecule has 102 valence electrons. The quantitative estimate of drug-likeness (QED) is 0.584. The Bertz CT molecular complexity index is 272. The van der Waals surface area contributed by atoms with Crippen molar-refractivity contribution in [1.29, 1.82) is 0 Å². The van der Waals surface area contributed by atoms with E-state index in [2.05, 4.69) is 9.13 Å². The maximum Gasteiger partial charge on any atom is 0.416 e. The van der Waals surface area contributed by atoms with Gasteiger partial charge < -0.3 is 9.29 Å². The Labute approximate surface area is 103 Å². The molecule has 0 radical (unpaired) electrons. The van der Waals surface area contributed by atoms with Crippen LogP contribution >= 0.6 is 0 Å². The summed E-state index contributed by atoms with van der Waals surface area (Å²) in [7, 11) is 0. The summed E-state index contributed by atoms with van der Waals surface area (Å²) in [4.78, 5) is 0. The van der Waals surface area contributed by atoms with Crippen molar-refractivity contribution in [2.75, 3.05) is 6.61 Å². The highest BCUT2D eigenvalue weighted by Crippen LogP contribution is 2.32. The zero-order valence-corrected chi connectivity index (χ0v) is 11.4. The Morgan fingerprint density at radius 2 is 1.65 bits per heavy atom. The second-order valence-electron chi connectivity index (χ2n) is 4.97. The third kappa shape index (κ3) is 5.74. The van der Waals surface area contributed by atoms with Gasteiger partial charge in [0.05, 0.1) is 12.8 Å². The molecule has 3 nitrogen and oxygen atoms in total. The van der Waals surface area contributed by atoms with Crippen LogP contribution in [0.2, 0.25) is 0 Å². The number of rotatable bonds is 4. The van der Waals surface area contributed by atoms with Gasteiger partial charge in [-0.15, -0.1) is 0 Å². The summed E-state index contributed by atoms with van der Waals surface area (Å²) in [6.45, 7) is 6.71. The van der Waals surface area contributed by atoms with Crippen LogP contribution in [-0.4, -0.2) is 33.9 Å². The Morgan fingerprint density at radius 1 is 1.18 bits per heavy atom. The fourth-order valence-electron chi connectivity index (χ4n) is 0.584. The van der Waals surface area contributed by atoms with Gasteiger partial charge in [-0.2, -0.15) is 13.2 Å². The number of ether oxygens (including phenoxy) is 1. The molecular formula is C10H18F3NO2S. The van der Waals surface area contributed by atoms with E-state index in [1.165, 1.54) is 0 Å². The van der Waals surface area contributed by atoms with E-state index < -0.39 is 27.9 Å². The molecule has 7 heteroatoms. The minimum absolute atomic E-state index is 0.325. The number of nitrogens with zero attached hydrogens (tertiary/aromatic N) is 1. The van der Waals surface area contributed by atoms with Crippen molar-refractivity contribution in [2.45, 2.75) is 51.1 Å². The van der Waals surface area contributed by atoms with Crippen molar-refractivity contribution >= 4 is 17.6 Å². The molecule has 0 aliphatic heterocycles. The van der Waals surface area contributed by atoms with Gasteiger partial charge in [0.15, 0.2) is 5.60 Å². The van der Waals surface area contributed by atoms with Crippen LogP contribution in [0.5, 0.6) is 0 Å². The highest BCUT2D eigenvalue weighted by atomic mass is 32.2. The third-order valence-electron chi connectivity index (χ3n) is 1.90. The zero-order valence-electron chi connectivity index (χ0n) is 10.6. The van der Waals surface area contributed by atoms with E-state index in [0.29, 0.717) is 0 Å². The molecular weight excluding hydrogens is 255 g/mol. The van der Waals surface area contributed by atoms with Gasteiger partial charge in [0.1, 0.15) is 16.1 Å². The van der Waals surface area contributed by atoms with Crippen molar-refractivity contribution in [2.24, 2.45) is 4.40 Å². The average molecular weight is 273 g/mol. The maximum atomic E-state index is 12.4. The molecule has 1 atom stereocenters. The molecule has 0 heterocycles. The van der Waals surface area contributed by atoms with Crippen molar-refractivity contribution < 1.29 is 22.5 Å². The Hall–Kier alpha value is -0.270. The van der Waals surface area contributed by atoms with E-state index >= 15 is 0 Å². The first-order valence-electron chi connectivity index (χ1n) is 5.03. The molecule has 0 spiro atoms. The fourth-order valence-corrected chi connectivity index (χ4v) is 1.10. The van der Waals surface area contributed by atoms with Gasteiger partial charge in [-0.3, -0.25) is 0 Å². The van der Waals surface area contributed by atoms with Gasteiger partial charge in [0.25, 0.3) is 0 Å². The first-order valence-corrected chi connectivity index (χ1v) is 6.14. The van der Waals surface area contributed by atoms with Gasteiger partial charge in [-0.25, -0.2) is 0 Å². The van der Waals surface area contributed by atoms with E-state index in [9.17, 15) is 17.7 Å². The number of alkyl halides is 3. The summed E-state index contributed by atoms with van der Waals surface area (Å²) in [5.41, 5.74) is -2.23. The first kappa shape index (κ1) is 16.7. The van der Waals surface area contributed by atoms with E-state index in [-0.39, 0.29) is 6.61 Å². The van der Waals surface area contributed by atoms with Gasteiger partial charge in [-0.05, 0) is 34.6 Å². The lowest BCUT2D eigenvalue weighted by Gasteiger charge is -2.27. The molecule has 0 fully saturated rings. The summed E-state index contributed by atoms with van der Waals surface area (Å²) in [5.74, 6) is 0. The van der Waals surface area contributed by atoms with Crippen LogP contribution in [-0.2, 0) is 16.1 Å². The van der Waals surface area contributed by atoms with Crippen LogP contribution in [0.15, 0.2) is 4.40 Å². The van der Waals surface area contributed by atoms with Gasteiger partial charge in [0.2, 0.25) is 0 Å². The molecule has 0 saturated carbocycles. The molecule has 0 aromatic rings. The van der Waals surface area contributed by atoms with E-state index in [0.717, 1.165) is 20.1 Å². The number of hydrogen-bond donors (Lipinski definition) is 0. The zero-order chi connectivity index (χ0) is 13.9. The topological polar surface area (TPSA) is 44.7 Å². The summed E-state index contributed by atoms with van der Waals surface area (Å²) in [6.07, 6.45) is -3.33. The van der Waals surface area contributed by atoms with Crippen molar-refractivity contribution in [3.63, 3.8) is 0 Å². The third-order valence-corrected chi connectivity index (χ3v) is 3.28. The van der Waals surface area contributed by atoms with Gasteiger partial charge in [-0.1, -0.05) is 4.40 Å². The Morgan fingerprint density at radius 3 is 2.00 bits per heavy atom. The normalized spacial score (nSPS) is 16.5. The second-order valence-corrected chi connectivity index (χ2v) is 6.90. The van der Waals surface area contributed by atoms with Crippen molar-refractivity contribution in [3.8, 4) is 0 Å². The first-order chi connectivity index (χ1) is 7.38. The van der Waals surface area contributed by atoms with Gasteiger partial charge >= 0.3 is 6.18 Å². The lowest BCUT2D eigenvalue weighted by Crippen LogP contribution is -2.42. The predicted octanol–water partition coefficient (Wildman–Crippen LogP) is 2.88. The fraction of sp³-hybridized carbons (Fsp3) is 0.900. The molecule has 0 N–H and O–H groups in total. The highest BCUT2D eigenvalue weighted by Gasteiger charge is 2.48. The highest BCUT2D eigenvalue weighted by molar-refractivity contribution is 7.91. The SMILES string of the molecule is CC(C)(C)[S@+]([O-])N=CCOC(C)(C)C(F)(F)F. The van der Waals surface area contributed by atoms with Crippen LogP contribution in [0.1, 0.15) is 34.6 Å². The summed E-state index contributed by atoms with van der Waals surface area (Å²) in [5, 5.41) is 0. The lowest BCUT2D eigenvalue weighted by molar-refractivity contribution is -0.258. The molecule has 0 aliphatic carbocycles. The molecule has 0 aromatic heterocycles. The molecule has 0 aromatic carbocycles. The van der Waals surface area contributed by atoms with E-state index in [1.807, 2.05) is 0 Å². The molecule has 0 aliphatic rings. The molecule has 0 bridgehead atoms. The maximum absolute atomic E-state index is 12.4. The summed E-state index contributed by atoms with van der Waals surface area (Å²) >= 11 is -1.48. The molecule has 0 saturated heterocycles. The predicted molar refractivity (Wildman–Crippen MR) is 62.5 cm³/mol. The minimum Gasteiger partial charge on any atom is -0.591 e. The average Bonchev–Trinajstić information content (AvgIpc) is 2.08. The lowest BCUT2D eigenvalue weighted by atomic mass is 10.1. The second kappa shape index (κ2) is 5.58. The Kier molecular flexibility index (Phi) is 5.49. The smallest absolute Gasteiger partial charge is 0.416 e. The molecule has 17 heavy (non-hydrogen) atoms. The van der Waals surface area contributed by atoms with Crippen LogP contribution in [0.4, 0.5) is 13.2 Å².